The molecule has 18 heavy (non-hydrogen) atoms. The minimum absolute atomic E-state index is 0.911. The van der Waals surface area contributed by atoms with Crippen molar-refractivity contribution >= 4 is 0 Å². The lowest BCUT2D eigenvalue weighted by molar-refractivity contribution is 0.458. The highest BCUT2D eigenvalue weighted by Gasteiger charge is 2.00. The average molecular weight is 252 g/mol. The van der Waals surface area contributed by atoms with Crippen LogP contribution < -0.4 is 0 Å². The lowest BCUT2D eigenvalue weighted by Gasteiger charge is -2.09. The molecule has 0 nitrogen and oxygen atoms in total. The number of hydrogen-bond acceptors (Lipinski definition) is 0. The van der Waals surface area contributed by atoms with Crippen LogP contribution in [0.1, 0.15) is 91.9 Å². The molecule has 2 unspecified atom stereocenters. The molecule has 0 saturated heterocycles. The van der Waals surface area contributed by atoms with Crippen molar-refractivity contribution in [3.05, 3.63) is 12.2 Å². The Morgan fingerprint density at radius 3 is 1.94 bits per heavy atom. The predicted octanol–water partition coefficient (Wildman–Crippen LogP) is 6.76. The Kier molecular flexibility index (Phi) is 13.0. The van der Waals surface area contributed by atoms with E-state index in [4.69, 9.17) is 0 Å². The third kappa shape index (κ3) is 12.2. The van der Waals surface area contributed by atoms with Crippen molar-refractivity contribution in [1.29, 1.82) is 0 Å². The fourth-order valence-corrected chi connectivity index (χ4v) is 2.53. The zero-order valence-electron chi connectivity index (χ0n) is 13.4. The van der Waals surface area contributed by atoms with Crippen LogP contribution in [0.5, 0.6) is 0 Å². The Balaban J connectivity index is 3.32. The lowest BCUT2D eigenvalue weighted by Crippen LogP contribution is -1.94. The minimum Gasteiger partial charge on any atom is -0.0885 e. The quantitative estimate of drug-likeness (QED) is 0.266. The summed E-state index contributed by atoms with van der Waals surface area (Å²) in [5.41, 5.74) is 0. The molecule has 108 valence electrons. The van der Waals surface area contributed by atoms with Crippen molar-refractivity contribution < 1.29 is 0 Å². The first-order chi connectivity index (χ1) is 8.70. The van der Waals surface area contributed by atoms with Crippen molar-refractivity contribution in [2.24, 2.45) is 11.8 Å². The van der Waals surface area contributed by atoms with Crippen LogP contribution in [-0.2, 0) is 0 Å². The zero-order chi connectivity index (χ0) is 13.6. The van der Waals surface area contributed by atoms with Crippen LogP contribution in [0, 0.1) is 11.8 Å². The number of rotatable bonds is 12. The summed E-state index contributed by atoms with van der Waals surface area (Å²) >= 11 is 0. The van der Waals surface area contributed by atoms with Gasteiger partial charge in [-0.2, -0.15) is 0 Å². The summed E-state index contributed by atoms with van der Waals surface area (Å²) in [5.74, 6) is 1.84. The van der Waals surface area contributed by atoms with E-state index >= 15 is 0 Å². The van der Waals surface area contributed by atoms with E-state index in [2.05, 4.69) is 39.8 Å². The maximum Gasteiger partial charge on any atom is -0.0348 e. The summed E-state index contributed by atoms with van der Waals surface area (Å²) < 4.78 is 0. The SMILES string of the molecule is CCCCC(C)CCCC=CCCC(C)CCC. The summed E-state index contributed by atoms with van der Waals surface area (Å²) in [6.45, 7) is 9.36. The summed E-state index contributed by atoms with van der Waals surface area (Å²) in [5, 5.41) is 0. The first-order valence-corrected chi connectivity index (χ1v) is 8.35. The number of hydrogen-bond donors (Lipinski definition) is 0. The molecule has 0 saturated carbocycles. The molecule has 0 radical (unpaired) electrons. The second kappa shape index (κ2) is 13.2. The second-order valence-corrected chi connectivity index (χ2v) is 6.12. The summed E-state index contributed by atoms with van der Waals surface area (Å²) in [7, 11) is 0. The summed E-state index contributed by atoms with van der Waals surface area (Å²) in [6.07, 6.45) is 18.5. The molecule has 0 aliphatic carbocycles. The maximum atomic E-state index is 2.41. The molecular formula is C18H36. The van der Waals surface area contributed by atoms with Crippen LogP contribution in [0.2, 0.25) is 0 Å². The van der Waals surface area contributed by atoms with Crippen LogP contribution in [0.15, 0.2) is 12.2 Å². The first kappa shape index (κ1) is 17.7. The molecule has 0 N–H and O–H groups in total. The van der Waals surface area contributed by atoms with Crippen molar-refractivity contribution in [2.45, 2.75) is 91.9 Å². The Morgan fingerprint density at radius 1 is 0.667 bits per heavy atom. The second-order valence-electron chi connectivity index (χ2n) is 6.12. The molecule has 0 amide bonds. The molecule has 0 heteroatoms. The van der Waals surface area contributed by atoms with E-state index in [1.807, 2.05) is 0 Å². The normalized spacial score (nSPS) is 15.1. The predicted molar refractivity (Wildman–Crippen MR) is 85.0 cm³/mol. The molecule has 0 aromatic carbocycles. The minimum atomic E-state index is 0.911. The van der Waals surface area contributed by atoms with Gasteiger partial charge in [-0.3, -0.25) is 0 Å². The molecule has 0 heterocycles. The lowest BCUT2D eigenvalue weighted by atomic mass is 9.97. The highest BCUT2D eigenvalue weighted by Crippen LogP contribution is 2.16. The third-order valence-corrected chi connectivity index (χ3v) is 3.89. The van der Waals surface area contributed by atoms with E-state index in [1.54, 1.807) is 0 Å². The average Bonchev–Trinajstić information content (AvgIpc) is 2.35. The molecule has 0 bridgehead atoms. The van der Waals surface area contributed by atoms with Gasteiger partial charge >= 0.3 is 0 Å². The Bertz CT molecular complexity index is 180. The van der Waals surface area contributed by atoms with Gasteiger partial charge in [-0.1, -0.05) is 78.4 Å². The van der Waals surface area contributed by atoms with Crippen LogP contribution >= 0.6 is 0 Å². The molecule has 0 aliphatic heterocycles. The van der Waals surface area contributed by atoms with E-state index in [9.17, 15) is 0 Å². The Hall–Kier alpha value is -0.260. The van der Waals surface area contributed by atoms with Gasteiger partial charge in [-0.05, 0) is 37.5 Å². The molecule has 0 aromatic heterocycles. The van der Waals surface area contributed by atoms with Gasteiger partial charge in [0, 0.05) is 0 Å². The van der Waals surface area contributed by atoms with E-state index in [-0.39, 0.29) is 0 Å². The Morgan fingerprint density at radius 2 is 1.28 bits per heavy atom. The molecule has 0 spiro atoms. The topological polar surface area (TPSA) is 0 Å². The smallest absolute Gasteiger partial charge is 0.0348 e. The fraction of sp³-hybridized carbons (Fsp3) is 0.889. The van der Waals surface area contributed by atoms with Gasteiger partial charge in [0.1, 0.15) is 0 Å². The first-order valence-electron chi connectivity index (χ1n) is 8.35. The van der Waals surface area contributed by atoms with Crippen molar-refractivity contribution in [1.82, 2.24) is 0 Å². The molecule has 0 fully saturated rings. The Labute approximate surface area is 116 Å². The van der Waals surface area contributed by atoms with E-state index in [0.717, 1.165) is 11.8 Å². The van der Waals surface area contributed by atoms with Crippen LogP contribution in [-0.4, -0.2) is 0 Å². The van der Waals surface area contributed by atoms with Crippen LogP contribution in [0.3, 0.4) is 0 Å². The van der Waals surface area contributed by atoms with Crippen molar-refractivity contribution in [3.63, 3.8) is 0 Å². The highest BCUT2D eigenvalue weighted by atomic mass is 14.1. The van der Waals surface area contributed by atoms with Gasteiger partial charge in [-0.15, -0.1) is 0 Å². The summed E-state index contributed by atoms with van der Waals surface area (Å²) in [4.78, 5) is 0. The van der Waals surface area contributed by atoms with E-state index in [0.29, 0.717) is 0 Å². The van der Waals surface area contributed by atoms with Crippen molar-refractivity contribution in [3.8, 4) is 0 Å². The number of allylic oxidation sites excluding steroid dienone is 2. The van der Waals surface area contributed by atoms with Gasteiger partial charge in [0.2, 0.25) is 0 Å². The largest absolute Gasteiger partial charge is 0.0885 e. The van der Waals surface area contributed by atoms with Gasteiger partial charge in [0.05, 0.1) is 0 Å². The maximum absolute atomic E-state index is 2.41. The molecule has 0 rings (SSSR count). The standard InChI is InChI=1S/C18H36/c1-5-7-14-18(4)16-12-10-8-9-11-15-17(3)13-6-2/h8-9,17-18H,5-7,10-16H2,1-4H3. The highest BCUT2D eigenvalue weighted by molar-refractivity contribution is 4.82. The van der Waals surface area contributed by atoms with Crippen LogP contribution in [0.4, 0.5) is 0 Å². The molecular weight excluding hydrogens is 216 g/mol. The van der Waals surface area contributed by atoms with Gasteiger partial charge in [0.15, 0.2) is 0 Å². The third-order valence-electron chi connectivity index (χ3n) is 3.89. The van der Waals surface area contributed by atoms with Crippen LogP contribution in [0.25, 0.3) is 0 Å². The molecule has 0 aliphatic rings. The number of unbranched alkanes of at least 4 members (excludes halogenated alkanes) is 2. The fourth-order valence-electron chi connectivity index (χ4n) is 2.53. The monoisotopic (exact) mass is 252 g/mol. The van der Waals surface area contributed by atoms with Crippen molar-refractivity contribution in [2.75, 3.05) is 0 Å². The van der Waals surface area contributed by atoms with E-state index < -0.39 is 0 Å². The van der Waals surface area contributed by atoms with E-state index in [1.165, 1.54) is 64.2 Å². The van der Waals surface area contributed by atoms with Gasteiger partial charge in [-0.25, -0.2) is 0 Å². The molecule has 0 aromatic rings. The van der Waals surface area contributed by atoms with Gasteiger partial charge in [0.25, 0.3) is 0 Å². The van der Waals surface area contributed by atoms with Gasteiger partial charge < -0.3 is 0 Å². The summed E-state index contributed by atoms with van der Waals surface area (Å²) in [6, 6.07) is 0. The molecule has 2 atom stereocenters. The zero-order valence-corrected chi connectivity index (χ0v) is 13.4.